The van der Waals surface area contributed by atoms with Gasteiger partial charge in [-0.3, -0.25) is 0 Å². The van der Waals surface area contributed by atoms with Crippen molar-refractivity contribution in [3.63, 3.8) is 0 Å². The van der Waals surface area contributed by atoms with Crippen LogP contribution in [0.5, 0.6) is 5.75 Å². The molecule has 0 heterocycles. The first kappa shape index (κ1) is 12.6. The average Bonchev–Trinajstić information content (AvgIpc) is 2.34. The van der Waals surface area contributed by atoms with Gasteiger partial charge in [0.1, 0.15) is 5.75 Å². The van der Waals surface area contributed by atoms with Crippen LogP contribution in [0.25, 0.3) is 0 Å². The van der Waals surface area contributed by atoms with Crippen molar-refractivity contribution in [3.8, 4) is 17.6 Å². The highest BCUT2D eigenvalue weighted by Crippen LogP contribution is 2.16. The first-order chi connectivity index (χ1) is 7.77. The van der Waals surface area contributed by atoms with Crippen LogP contribution in [0.15, 0.2) is 24.3 Å². The summed E-state index contributed by atoms with van der Waals surface area (Å²) >= 11 is 0. The molecule has 0 bridgehead atoms. The van der Waals surface area contributed by atoms with Crippen molar-refractivity contribution < 1.29 is 4.74 Å². The van der Waals surface area contributed by atoms with Crippen LogP contribution < -0.4 is 10.1 Å². The van der Waals surface area contributed by atoms with Gasteiger partial charge in [0.05, 0.1) is 7.11 Å². The number of methoxy groups -OCH3 is 1. The lowest BCUT2D eigenvalue weighted by atomic mass is 10.1. The summed E-state index contributed by atoms with van der Waals surface area (Å²) in [4.78, 5) is 0. The lowest BCUT2D eigenvalue weighted by Crippen LogP contribution is -2.19. The molecule has 0 unspecified atom stereocenters. The van der Waals surface area contributed by atoms with Gasteiger partial charge in [-0.1, -0.05) is 12.1 Å². The molecule has 0 aliphatic rings. The largest absolute Gasteiger partial charge is 0.497 e. The van der Waals surface area contributed by atoms with Gasteiger partial charge in [0, 0.05) is 19.0 Å². The van der Waals surface area contributed by atoms with E-state index in [-0.39, 0.29) is 0 Å². The van der Waals surface area contributed by atoms with Crippen molar-refractivity contribution in [1.29, 1.82) is 0 Å². The summed E-state index contributed by atoms with van der Waals surface area (Å²) in [5.74, 6) is 6.83. The topological polar surface area (TPSA) is 21.3 Å². The van der Waals surface area contributed by atoms with E-state index in [1.54, 1.807) is 7.11 Å². The molecule has 0 aliphatic heterocycles. The molecule has 0 amide bonds. The smallest absolute Gasteiger partial charge is 0.118 e. The van der Waals surface area contributed by atoms with Crippen LogP contribution in [0, 0.1) is 11.8 Å². The second-order valence-electron chi connectivity index (χ2n) is 3.63. The molecule has 1 aromatic rings. The van der Waals surface area contributed by atoms with Crippen molar-refractivity contribution in [2.24, 2.45) is 0 Å². The zero-order valence-corrected chi connectivity index (χ0v) is 10.2. The molecule has 2 nitrogen and oxygen atoms in total. The Balaban J connectivity index is 2.44. The molecule has 0 radical (unpaired) electrons. The first-order valence-electron chi connectivity index (χ1n) is 5.55. The molecule has 1 rings (SSSR count). The molecule has 2 heteroatoms. The van der Waals surface area contributed by atoms with Crippen molar-refractivity contribution in [3.05, 3.63) is 29.8 Å². The van der Waals surface area contributed by atoms with Gasteiger partial charge in [0.2, 0.25) is 0 Å². The summed E-state index contributed by atoms with van der Waals surface area (Å²) < 4.78 is 5.12. The van der Waals surface area contributed by atoms with E-state index >= 15 is 0 Å². The summed E-state index contributed by atoms with van der Waals surface area (Å²) in [5.41, 5.74) is 1.27. The van der Waals surface area contributed by atoms with Gasteiger partial charge in [-0.2, -0.15) is 0 Å². The third-order valence-corrected chi connectivity index (χ3v) is 2.49. The quantitative estimate of drug-likeness (QED) is 0.605. The number of rotatable bonds is 5. The highest BCUT2D eigenvalue weighted by Gasteiger charge is 2.03. The van der Waals surface area contributed by atoms with Crippen molar-refractivity contribution in [2.45, 2.75) is 26.3 Å². The normalized spacial score (nSPS) is 11.4. The van der Waals surface area contributed by atoms with Crippen LogP contribution in [-0.4, -0.2) is 13.7 Å². The molecule has 0 saturated carbocycles. The Bertz CT molecular complexity index is 359. The summed E-state index contributed by atoms with van der Waals surface area (Å²) in [6.07, 6.45) is 0.900. The van der Waals surface area contributed by atoms with Gasteiger partial charge in [-0.05, 0) is 31.5 Å². The molecule has 16 heavy (non-hydrogen) atoms. The lowest BCUT2D eigenvalue weighted by Gasteiger charge is -2.13. The van der Waals surface area contributed by atoms with Gasteiger partial charge in [0.25, 0.3) is 0 Å². The zero-order valence-electron chi connectivity index (χ0n) is 10.2. The molecule has 0 saturated heterocycles. The van der Waals surface area contributed by atoms with E-state index in [0.717, 1.165) is 18.7 Å². The monoisotopic (exact) mass is 217 g/mol. The van der Waals surface area contributed by atoms with Crippen molar-refractivity contribution in [2.75, 3.05) is 13.7 Å². The summed E-state index contributed by atoms with van der Waals surface area (Å²) in [6.45, 7) is 4.95. The fraction of sp³-hybridized carbons (Fsp3) is 0.429. The standard InChI is InChI=1S/C14H19NO/c1-4-5-6-11-15-12(2)13-7-9-14(16-3)10-8-13/h7-10,12,15H,6,11H2,1-3H3/t12-/m0/s1. The predicted molar refractivity (Wildman–Crippen MR) is 67.5 cm³/mol. The zero-order chi connectivity index (χ0) is 11.8. The third-order valence-electron chi connectivity index (χ3n) is 2.49. The Hall–Kier alpha value is -1.46. The molecular weight excluding hydrogens is 198 g/mol. The Morgan fingerprint density at radius 1 is 1.31 bits per heavy atom. The summed E-state index contributed by atoms with van der Waals surface area (Å²) in [6, 6.07) is 8.49. The third kappa shape index (κ3) is 3.96. The molecule has 1 atom stereocenters. The number of hydrogen-bond donors (Lipinski definition) is 1. The van der Waals surface area contributed by atoms with Crippen molar-refractivity contribution in [1.82, 2.24) is 5.32 Å². The Labute approximate surface area is 98.0 Å². The van der Waals surface area contributed by atoms with E-state index in [2.05, 4.69) is 36.2 Å². The fourth-order valence-corrected chi connectivity index (χ4v) is 1.49. The molecule has 1 N–H and O–H groups in total. The average molecular weight is 217 g/mol. The van der Waals surface area contributed by atoms with Gasteiger partial charge in [-0.15, -0.1) is 11.8 Å². The number of benzene rings is 1. The maximum atomic E-state index is 5.12. The molecule has 86 valence electrons. The number of hydrogen-bond acceptors (Lipinski definition) is 2. The van der Waals surface area contributed by atoms with Crippen LogP contribution in [-0.2, 0) is 0 Å². The molecule has 0 aliphatic carbocycles. The minimum Gasteiger partial charge on any atom is -0.497 e. The highest BCUT2D eigenvalue weighted by molar-refractivity contribution is 5.28. The van der Waals surface area contributed by atoms with Crippen molar-refractivity contribution >= 4 is 0 Å². The van der Waals surface area contributed by atoms with E-state index in [4.69, 9.17) is 4.74 Å². The second kappa shape index (κ2) is 6.92. The molecule has 0 fully saturated rings. The van der Waals surface area contributed by atoms with E-state index in [0.29, 0.717) is 6.04 Å². The van der Waals surface area contributed by atoms with Gasteiger partial charge in [-0.25, -0.2) is 0 Å². The maximum absolute atomic E-state index is 5.12. The van der Waals surface area contributed by atoms with Gasteiger partial charge < -0.3 is 10.1 Å². The minimum atomic E-state index is 0.351. The van der Waals surface area contributed by atoms with Crippen LogP contribution in [0.3, 0.4) is 0 Å². The second-order valence-corrected chi connectivity index (χ2v) is 3.63. The molecular formula is C14H19NO. The first-order valence-corrected chi connectivity index (χ1v) is 5.55. The maximum Gasteiger partial charge on any atom is 0.118 e. The van der Waals surface area contributed by atoms with Crippen LogP contribution >= 0.6 is 0 Å². The SMILES string of the molecule is CC#CCCN[C@@H](C)c1ccc(OC)cc1. The Kier molecular flexibility index (Phi) is 5.45. The van der Waals surface area contributed by atoms with Gasteiger partial charge in [0.15, 0.2) is 0 Å². The van der Waals surface area contributed by atoms with E-state index < -0.39 is 0 Å². The molecule has 1 aromatic carbocycles. The van der Waals surface area contributed by atoms with E-state index in [9.17, 15) is 0 Å². The van der Waals surface area contributed by atoms with Gasteiger partial charge >= 0.3 is 0 Å². The molecule has 0 spiro atoms. The minimum absolute atomic E-state index is 0.351. The lowest BCUT2D eigenvalue weighted by molar-refractivity contribution is 0.414. The van der Waals surface area contributed by atoms with Crippen LogP contribution in [0.4, 0.5) is 0 Å². The summed E-state index contributed by atoms with van der Waals surface area (Å²) in [5, 5.41) is 3.43. The van der Waals surface area contributed by atoms with Crippen LogP contribution in [0.2, 0.25) is 0 Å². The highest BCUT2D eigenvalue weighted by atomic mass is 16.5. The Morgan fingerprint density at radius 3 is 2.56 bits per heavy atom. The summed E-state index contributed by atoms with van der Waals surface area (Å²) in [7, 11) is 1.68. The van der Waals surface area contributed by atoms with Crippen LogP contribution in [0.1, 0.15) is 31.9 Å². The van der Waals surface area contributed by atoms with E-state index in [1.165, 1.54) is 5.56 Å². The molecule has 0 aromatic heterocycles. The number of nitrogens with one attached hydrogen (secondary N) is 1. The van der Waals surface area contributed by atoms with E-state index in [1.807, 2.05) is 19.1 Å². The predicted octanol–water partition coefficient (Wildman–Crippen LogP) is 2.76. The fourth-order valence-electron chi connectivity index (χ4n) is 1.49. The number of ether oxygens (including phenoxy) is 1. The Morgan fingerprint density at radius 2 is 2.00 bits per heavy atom.